The normalized spacial score (nSPS) is 35.5. The average Bonchev–Trinajstić information content (AvgIpc) is 2.49. The number of carboxylic acid groups (broad SMARTS) is 1. The van der Waals surface area contributed by atoms with Crippen LogP contribution in [0.2, 0.25) is 5.02 Å². The van der Waals surface area contributed by atoms with Gasteiger partial charge in [-0.25, -0.2) is 4.79 Å². The molecule has 0 spiro atoms. The lowest BCUT2D eigenvalue weighted by molar-refractivity contribution is -0.148. The number of hydrogen-bond donors (Lipinski definition) is 2. The van der Waals surface area contributed by atoms with Crippen molar-refractivity contribution in [3.8, 4) is 5.75 Å². The summed E-state index contributed by atoms with van der Waals surface area (Å²) in [6.07, 6.45) is 8.23. The van der Waals surface area contributed by atoms with Crippen molar-refractivity contribution in [1.29, 1.82) is 0 Å². The van der Waals surface area contributed by atoms with E-state index in [1.165, 1.54) is 31.5 Å². The molecule has 1 atom stereocenters. The smallest absolute Gasteiger partial charge is 0.328 e. The van der Waals surface area contributed by atoms with Gasteiger partial charge in [-0.1, -0.05) is 11.6 Å². The molecular weight excluding hydrogens is 326 g/mol. The first-order valence-corrected chi connectivity index (χ1v) is 9.07. The van der Waals surface area contributed by atoms with E-state index in [0.29, 0.717) is 28.3 Å². The number of benzene rings is 1. The van der Waals surface area contributed by atoms with Crippen LogP contribution in [-0.2, 0) is 4.79 Å². The van der Waals surface area contributed by atoms with Gasteiger partial charge in [-0.15, -0.1) is 0 Å². The van der Waals surface area contributed by atoms with E-state index in [9.17, 15) is 15.0 Å². The van der Waals surface area contributed by atoms with E-state index in [1.807, 2.05) is 0 Å². The molecule has 24 heavy (non-hydrogen) atoms. The Morgan fingerprint density at radius 2 is 1.79 bits per heavy atom. The molecule has 4 saturated carbocycles. The number of aliphatic carboxylic acids is 1. The molecule has 5 heteroatoms. The van der Waals surface area contributed by atoms with Crippen LogP contribution in [0.3, 0.4) is 0 Å². The highest BCUT2D eigenvalue weighted by Gasteiger charge is 2.56. The molecule has 4 aliphatic carbocycles. The van der Waals surface area contributed by atoms with E-state index >= 15 is 0 Å². The van der Waals surface area contributed by atoms with Gasteiger partial charge < -0.3 is 10.2 Å². The summed E-state index contributed by atoms with van der Waals surface area (Å²) in [5.74, 6) is 1.24. The molecule has 4 aliphatic rings. The fraction of sp³-hybridized carbons (Fsp3) is 0.579. The molecular formula is C19H22ClNO3. The van der Waals surface area contributed by atoms with Gasteiger partial charge >= 0.3 is 5.97 Å². The second kappa shape index (κ2) is 5.76. The van der Waals surface area contributed by atoms with E-state index in [4.69, 9.17) is 11.6 Å². The number of phenolic OH excluding ortho intramolecular Hbond substituents is 1. The largest absolute Gasteiger partial charge is 0.507 e. The second-order valence-corrected chi connectivity index (χ2v) is 8.44. The fourth-order valence-electron chi connectivity index (χ4n) is 5.78. The Morgan fingerprint density at radius 3 is 2.33 bits per heavy atom. The van der Waals surface area contributed by atoms with Gasteiger partial charge in [0.2, 0.25) is 0 Å². The summed E-state index contributed by atoms with van der Waals surface area (Å²) < 4.78 is 0. The van der Waals surface area contributed by atoms with Crippen molar-refractivity contribution in [2.75, 3.05) is 0 Å². The minimum Gasteiger partial charge on any atom is -0.507 e. The molecule has 4 bridgehead atoms. The molecule has 0 heterocycles. The summed E-state index contributed by atoms with van der Waals surface area (Å²) in [5.41, 5.74) is 0.268. The highest BCUT2D eigenvalue weighted by Crippen LogP contribution is 2.61. The predicted octanol–water partition coefficient (Wildman–Crippen LogP) is 4.13. The van der Waals surface area contributed by atoms with Crippen molar-refractivity contribution in [1.82, 2.24) is 0 Å². The Balaban J connectivity index is 1.64. The Morgan fingerprint density at radius 1 is 1.21 bits per heavy atom. The Labute approximate surface area is 146 Å². The fourth-order valence-corrected chi connectivity index (χ4v) is 5.96. The van der Waals surface area contributed by atoms with Crippen molar-refractivity contribution < 1.29 is 15.0 Å². The molecule has 1 unspecified atom stereocenters. The van der Waals surface area contributed by atoms with Gasteiger partial charge in [-0.2, -0.15) is 0 Å². The van der Waals surface area contributed by atoms with Crippen molar-refractivity contribution in [2.24, 2.45) is 28.2 Å². The van der Waals surface area contributed by atoms with E-state index < -0.39 is 12.0 Å². The maximum atomic E-state index is 12.0. The van der Waals surface area contributed by atoms with Gasteiger partial charge in [-0.05, 0) is 74.5 Å². The summed E-state index contributed by atoms with van der Waals surface area (Å²) in [6, 6.07) is 3.98. The lowest BCUT2D eigenvalue weighted by atomic mass is 9.47. The van der Waals surface area contributed by atoms with Gasteiger partial charge in [0.25, 0.3) is 0 Å². The number of aromatic hydroxyl groups is 1. The van der Waals surface area contributed by atoms with Crippen LogP contribution in [0, 0.1) is 23.2 Å². The number of phenols is 1. The van der Waals surface area contributed by atoms with E-state index in [-0.39, 0.29) is 11.2 Å². The molecule has 5 rings (SSSR count). The zero-order chi connectivity index (χ0) is 16.9. The van der Waals surface area contributed by atoms with Crippen LogP contribution in [-0.4, -0.2) is 28.4 Å². The number of carbonyl (C=O) groups is 1. The first kappa shape index (κ1) is 15.9. The number of hydrogen-bond acceptors (Lipinski definition) is 3. The molecule has 1 aromatic carbocycles. The first-order valence-electron chi connectivity index (χ1n) is 8.70. The van der Waals surface area contributed by atoms with Crippen LogP contribution in [0.15, 0.2) is 23.2 Å². The van der Waals surface area contributed by atoms with Crippen molar-refractivity contribution >= 4 is 23.8 Å². The minimum absolute atomic E-state index is 0.0674. The van der Waals surface area contributed by atoms with E-state index in [1.54, 1.807) is 12.1 Å². The first-order chi connectivity index (χ1) is 11.4. The van der Waals surface area contributed by atoms with Crippen LogP contribution < -0.4 is 0 Å². The third-order valence-electron chi connectivity index (χ3n) is 6.25. The molecule has 0 amide bonds. The second-order valence-electron chi connectivity index (χ2n) is 8.00. The van der Waals surface area contributed by atoms with Gasteiger partial charge in [0, 0.05) is 22.2 Å². The molecule has 2 N–H and O–H groups in total. The minimum atomic E-state index is -0.852. The third kappa shape index (κ3) is 2.71. The third-order valence-corrected chi connectivity index (χ3v) is 6.49. The van der Waals surface area contributed by atoms with Crippen molar-refractivity contribution in [3.63, 3.8) is 0 Å². The van der Waals surface area contributed by atoms with Crippen LogP contribution >= 0.6 is 11.6 Å². The monoisotopic (exact) mass is 347 g/mol. The Hall–Kier alpha value is -1.55. The SMILES string of the molecule is O=C(O)C(N=Cc1cc(Cl)ccc1O)C12CC3CC(CC(C3)C1)C2. The molecule has 0 radical (unpaired) electrons. The quantitative estimate of drug-likeness (QED) is 0.804. The van der Waals surface area contributed by atoms with Crippen LogP contribution in [0.25, 0.3) is 0 Å². The molecule has 0 aliphatic heterocycles. The highest BCUT2D eigenvalue weighted by molar-refractivity contribution is 6.30. The van der Waals surface area contributed by atoms with Gasteiger partial charge in [0.15, 0.2) is 6.04 Å². The van der Waals surface area contributed by atoms with Crippen LogP contribution in [0.4, 0.5) is 0 Å². The van der Waals surface area contributed by atoms with E-state index in [0.717, 1.165) is 19.3 Å². The maximum Gasteiger partial charge on any atom is 0.328 e. The molecule has 0 aromatic heterocycles. The van der Waals surface area contributed by atoms with Crippen molar-refractivity contribution in [3.05, 3.63) is 28.8 Å². The zero-order valence-corrected chi connectivity index (χ0v) is 14.2. The standard InChI is InChI=1S/C19H22ClNO3/c20-15-1-2-16(22)14(6-15)10-21-17(18(23)24)19-7-11-3-12(8-19)5-13(4-11)9-19/h1-2,6,10-13,17,22H,3-5,7-9H2,(H,23,24). The zero-order valence-electron chi connectivity index (χ0n) is 13.5. The van der Waals surface area contributed by atoms with Crippen LogP contribution in [0.1, 0.15) is 44.1 Å². The van der Waals surface area contributed by atoms with Gasteiger partial charge in [0.05, 0.1) is 0 Å². The maximum absolute atomic E-state index is 12.0. The summed E-state index contributed by atoms with van der Waals surface area (Å²) in [5, 5.41) is 20.3. The highest BCUT2D eigenvalue weighted by atomic mass is 35.5. The number of rotatable bonds is 4. The summed E-state index contributed by atoms with van der Waals surface area (Å²) in [7, 11) is 0. The molecule has 4 nitrogen and oxygen atoms in total. The molecule has 128 valence electrons. The number of nitrogens with zero attached hydrogens (tertiary/aromatic N) is 1. The van der Waals surface area contributed by atoms with Gasteiger partial charge in [0.1, 0.15) is 5.75 Å². The lowest BCUT2D eigenvalue weighted by Gasteiger charge is -2.57. The topological polar surface area (TPSA) is 69.9 Å². The number of aliphatic imine (C=N–C) groups is 1. The molecule has 4 fully saturated rings. The average molecular weight is 348 g/mol. The molecule has 0 saturated heterocycles. The van der Waals surface area contributed by atoms with Gasteiger partial charge in [-0.3, -0.25) is 4.99 Å². The summed E-state index contributed by atoms with van der Waals surface area (Å²) in [4.78, 5) is 16.4. The summed E-state index contributed by atoms with van der Waals surface area (Å²) >= 11 is 5.96. The Bertz CT molecular complexity index is 665. The van der Waals surface area contributed by atoms with E-state index in [2.05, 4.69) is 4.99 Å². The number of carboxylic acids is 1. The Kier molecular flexibility index (Phi) is 3.83. The summed E-state index contributed by atoms with van der Waals surface area (Å²) in [6.45, 7) is 0. The van der Waals surface area contributed by atoms with Crippen molar-refractivity contribution in [2.45, 2.75) is 44.6 Å². The van der Waals surface area contributed by atoms with Crippen LogP contribution in [0.5, 0.6) is 5.75 Å². The predicted molar refractivity (Wildman–Crippen MR) is 92.7 cm³/mol. The molecule has 1 aromatic rings. The lowest BCUT2D eigenvalue weighted by Crippen LogP contribution is -2.53. The number of halogens is 1.